The van der Waals surface area contributed by atoms with Gasteiger partial charge in [-0.3, -0.25) is 4.79 Å². The second-order valence-corrected chi connectivity index (χ2v) is 4.59. The molecule has 2 rings (SSSR count). The number of benzene rings is 1. The highest BCUT2D eigenvalue weighted by Crippen LogP contribution is 2.28. The van der Waals surface area contributed by atoms with Crippen molar-refractivity contribution in [3.63, 3.8) is 0 Å². The van der Waals surface area contributed by atoms with Gasteiger partial charge >= 0.3 is 0 Å². The first-order chi connectivity index (χ1) is 8.79. The summed E-state index contributed by atoms with van der Waals surface area (Å²) in [5.74, 6) is 1.34. The van der Waals surface area contributed by atoms with E-state index < -0.39 is 0 Å². The van der Waals surface area contributed by atoms with Crippen molar-refractivity contribution >= 4 is 23.2 Å². The molecule has 1 aliphatic heterocycles. The molecule has 0 unspecified atom stereocenters. The van der Waals surface area contributed by atoms with Gasteiger partial charge in [-0.05, 0) is 43.6 Å². The summed E-state index contributed by atoms with van der Waals surface area (Å²) in [7, 11) is 0. The Balaban J connectivity index is 1.86. The number of alkyl halides is 1. The van der Waals surface area contributed by atoms with Crippen molar-refractivity contribution in [1.29, 1.82) is 0 Å². The molecule has 0 saturated carbocycles. The van der Waals surface area contributed by atoms with E-state index in [1.165, 1.54) is 5.56 Å². The Bertz CT molecular complexity index is 423. The van der Waals surface area contributed by atoms with E-state index in [2.05, 4.69) is 10.6 Å². The normalized spacial score (nSPS) is 13.7. The first-order valence-corrected chi connectivity index (χ1v) is 6.65. The number of rotatable bonds is 6. The number of ether oxygens (including phenoxy) is 1. The van der Waals surface area contributed by atoms with Crippen molar-refractivity contribution in [3.05, 3.63) is 23.8 Å². The van der Waals surface area contributed by atoms with Gasteiger partial charge in [0.1, 0.15) is 5.75 Å². The Morgan fingerprint density at radius 1 is 1.39 bits per heavy atom. The van der Waals surface area contributed by atoms with Crippen LogP contribution < -0.4 is 15.4 Å². The lowest BCUT2D eigenvalue weighted by Gasteiger charge is -2.18. The van der Waals surface area contributed by atoms with Crippen molar-refractivity contribution in [2.45, 2.75) is 12.8 Å². The van der Waals surface area contributed by atoms with Crippen LogP contribution in [-0.4, -0.2) is 31.5 Å². The van der Waals surface area contributed by atoms with Crippen LogP contribution in [-0.2, 0) is 11.2 Å². The number of amides is 1. The summed E-state index contributed by atoms with van der Waals surface area (Å²) < 4.78 is 5.31. The third kappa shape index (κ3) is 3.62. The summed E-state index contributed by atoms with van der Waals surface area (Å²) in [5, 5.41) is 6.13. The van der Waals surface area contributed by atoms with E-state index in [-0.39, 0.29) is 12.5 Å². The molecule has 1 aromatic rings. The predicted octanol–water partition coefficient (Wildman–Crippen LogP) is 1.78. The van der Waals surface area contributed by atoms with Gasteiger partial charge in [0.2, 0.25) is 0 Å². The summed E-state index contributed by atoms with van der Waals surface area (Å²) in [6.45, 7) is 1.95. The van der Waals surface area contributed by atoms with Gasteiger partial charge in [-0.15, -0.1) is 11.6 Å². The van der Waals surface area contributed by atoms with Crippen LogP contribution in [0.4, 0.5) is 5.69 Å². The molecular weight excluding hydrogens is 252 g/mol. The lowest BCUT2D eigenvalue weighted by molar-refractivity contribution is -0.118. The first-order valence-electron chi connectivity index (χ1n) is 6.12. The molecule has 0 aromatic heterocycles. The summed E-state index contributed by atoms with van der Waals surface area (Å²) >= 11 is 5.60. The zero-order chi connectivity index (χ0) is 12.8. The molecule has 1 heterocycles. The Hall–Kier alpha value is -1.26. The zero-order valence-electron chi connectivity index (χ0n) is 10.2. The second kappa shape index (κ2) is 6.61. The highest BCUT2D eigenvalue weighted by Gasteiger charge is 2.15. The number of hydrogen-bond acceptors (Lipinski definition) is 3. The molecule has 98 valence electrons. The van der Waals surface area contributed by atoms with Gasteiger partial charge in [0.15, 0.2) is 6.61 Å². The Kier molecular flexibility index (Phi) is 4.84. The Morgan fingerprint density at radius 2 is 2.28 bits per heavy atom. The van der Waals surface area contributed by atoms with Crippen molar-refractivity contribution < 1.29 is 9.53 Å². The summed E-state index contributed by atoms with van der Waals surface area (Å²) in [5.41, 5.74) is 1.95. The molecule has 0 bridgehead atoms. The summed E-state index contributed by atoms with van der Waals surface area (Å²) in [6.07, 6.45) is 1.90. The molecular formula is C13H17ClN2O2. The molecule has 1 amide bonds. The molecule has 0 atom stereocenters. The van der Waals surface area contributed by atoms with Crippen LogP contribution in [0, 0.1) is 0 Å². The largest absolute Gasteiger partial charge is 0.482 e. The van der Waals surface area contributed by atoms with Gasteiger partial charge in [0.25, 0.3) is 5.91 Å². The fourth-order valence-electron chi connectivity index (χ4n) is 1.84. The van der Waals surface area contributed by atoms with Crippen LogP contribution in [0.1, 0.15) is 12.0 Å². The predicted molar refractivity (Wildman–Crippen MR) is 72.5 cm³/mol. The Morgan fingerprint density at radius 3 is 3.11 bits per heavy atom. The maximum atomic E-state index is 11.2. The maximum Gasteiger partial charge on any atom is 0.262 e. The second-order valence-electron chi connectivity index (χ2n) is 4.21. The molecule has 0 spiro atoms. The molecule has 4 nitrogen and oxygen atoms in total. The molecule has 5 heteroatoms. The molecule has 0 fully saturated rings. The highest BCUT2D eigenvalue weighted by atomic mass is 35.5. The van der Waals surface area contributed by atoms with Crippen LogP contribution in [0.25, 0.3) is 0 Å². The van der Waals surface area contributed by atoms with Crippen LogP contribution in [0.5, 0.6) is 5.75 Å². The molecule has 0 saturated heterocycles. The number of fused-ring (bicyclic) bond motifs is 1. The summed E-state index contributed by atoms with van der Waals surface area (Å²) in [6, 6.07) is 5.90. The van der Waals surface area contributed by atoms with E-state index in [9.17, 15) is 4.79 Å². The van der Waals surface area contributed by atoms with Gasteiger partial charge in [-0.25, -0.2) is 0 Å². The maximum absolute atomic E-state index is 11.2. The molecule has 2 N–H and O–H groups in total. The number of nitrogens with one attached hydrogen (secondary N) is 2. The topological polar surface area (TPSA) is 50.4 Å². The smallest absolute Gasteiger partial charge is 0.262 e. The van der Waals surface area contributed by atoms with Crippen molar-refractivity contribution in [2.24, 2.45) is 0 Å². The lowest BCUT2D eigenvalue weighted by atomic mass is 10.1. The first kappa shape index (κ1) is 13.2. The third-order valence-electron chi connectivity index (χ3n) is 2.75. The van der Waals surface area contributed by atoms with Crippen LogP contribution >= 0.6 is 11.6 Å². The van der Waals surface area contributed by atoms with Crippen LogP contribution in [0.2, 0.25) is 0 Å². The van der Waals surface area contributed by atoms with E-state index in [0.29, 0.717) is 5.88 Å². The number of carbonyl (C=O) groups excluding carboxylic acids is 1. The van der Waals surface area contributed by atoms with E-state index in [1.54, 1.807) is 0 Å². The minimum Gasteiger partial charge on any atom is -0.482 e. The fraction of sp³-hybridized carbons (Fsp3) is 0.462. The van der Waals surface area contributed by atoms with E-state index >= 15 is 0 Å². The van der Waals surface area contributed by atoms with Crippen LogP contribution in [0.3, 0.4) is 0 Å². The molecule has 1 aromatic carbocycles. The van der Waals surface area contributed by atoms with Crippen LogP contribution in [0.15, 0.2) is 18.2 Å². The van der Waals surface area contributed by atoms with Gasteiger partial charge in [0.05, 0.1) is 5.69 Å². The molecule has 1 aliphatic rings. The van der Waals surface area contributed by atoms with Gasteiger partial charge in [-0.1, -0.05) is 6.07 Å². The van der Waals surface area contributed by atoms with Crippen molar-refractivity contribution in [2.75, 3.05) is 30.9 Å². The lowest BCUT2D eigenvalue weighted by Crippen LogP contribution is -2.25. The highest BCUT2D eigenvalue weighted by molar-refractivity contribution is 6.17. The SMILES string of the molecule is O=C1COc2ccc(CCNCCCCl)cc2N1. The fourth-order valence-corrected chi connectivity index (χ4v) is 1.97. The van der Waals surface area contributed by atoms with Gasteiger partial charge in [0, 0.05) is 5.88 Å². The monoisotopic (exact) mass is 268 g/mol. The summed E-state index contributed by atoms with van der Waals surface area (Å²) in [4.78, 5) is 11.2. The average molecular weight is 269 g/mol. The standard InChI is InChI=1S/C13H17ClN2O2/c14-5-1-6-15-7-4-10-2-3-12-11(8-10)16-13(17)9-18-12/h2-3,8,15H,1,4-7,9H2,(H,16,17). The van der Waals surface area contributed by atoms with Gasteiger partial charge in [-0.2, -0.15) is 0 Å². The zero-order valence-corrected chi connectivity index (χ0v) is 10.9. The minimum atomic E-state index is -0.0973. The number of anilines is 1. The molecule has 0 aliphatic carbocycles. The number of carbonyl (C=O) groups is 1. The average Bonchev–Trinajstić information content (AvgIpc) is 2.38. The van der Waals surface area contributed by atoms with E-state index in [4.69, 9.17) is 16.3 Å². The van der Waals surface area contributed by atoms with Gasteiger partial charge < -0.3 is 15.4 Å². The van der Waals surface area contributed by atoms with Crippen molar-refractivity contribution in [3.8, 4) is 5.75 Å². The molecule has 0 radical (unpaired) electrons. The third-order valence-corrected chi connectivity index (χ3v) is 3.02. The number of halogens is 1. The van der Waals surface area contributed by atoms with Crippen molar-refractivity contribution in [1.82, 2.24) is 5.32 Å². The van der Waals surface area contributed by atoms with E-state index in [1.807, 2.05) is 18.2 Å². The molecule has 18 heavy (non-hydrogen) atoms. The Labute approximate surface area is 112 Å². The quantitative estimate of drug-likeness (QED) is 0.611. The van der Waals surface area contributed by atoms with E-state index in [0.717, 1.165) is 37.4 Å². The minimum absolute atomic E-state index is 0.0973. The number of hydrogen-bond donors (Lipinski definition) is 2.